The summed E-state index contributed by atoms with van der Waals surface area (Å²) >= 11 is 1.42. The molecule has 110 valence electrons. The van der Waals surface area contributed by atoms with Gasteiger partial charge in [0.15, 0.2) is 0 Å². The molecule has 1 aromatic heterocycles. The third kappa shape index (κ3) is 3.96. The number of benzene rings is 1. The Morgan fingerprint density at radius 3 is 2.86 bits per heavy atom. The van der Waals surface area contributed by atoms with E-state index >= 15 is 0 Å². The van der Waals surface area contributed by atoms with E-state index in [2.05, 4.69) is 19.9 Å². The maximum Gasteiger partial charge on any atom is 0.264 e. The molecule has 0 saturated heterocycles. The molecule has 2 N–H and O–H groups in total. The fourth-order valence-electron chi connectivity index (χ4n) is 1.47. The first-order valence-electron chi connectivity index (χ1n) is 6.03. The highest BCUT2D eigenvalue weighted by Crippen LogP contribution is 2.20. The van der Waals surface area contributed by atoms with Gasteiger partial charge in [-0.1, -0.05) is 31.7 Å². The van der Waals surface area contributed by atoms with E-state index in [4.69, 9.17) is 5.26 Å². The van der Waals surface area contributed by atoms with Crippen molar-refractivity contribution in [1.29, 1.82) is 5.26 Å². The van der Waals surface area contributed by atoms with Gasteiger partial charge in [-0.2, -0.15) is 10.2 Å². The van der Waals surface area contributed by atoms with E-state index in [0.29, 0.717) is 5.16 Å². The number of H-pyrrole nitrogens is 1. The molecule has 21 heavy (non-hydrogen) atoms. The molecule has 0 spiro atoms. The number of hydrogen-bond donors (Lipinski definition) is 2. The molecule has 7 nitrogen and oxygen atoms in total. The van der Waals surface area contributed by atoms with Crippen LogP contribution in [0.1, 0.15) is 19.4 Å². The molecule has 0 aliphatic rings. The maximum absolute atomic E-state index is 12.2. The van der Waals surface area contributed by atoms with Crippen LogP contribution in [0, 0.1) is 11.3 Å². The number of aromatic amines is 1. The monoisotopic (exact) mass is 323 g/mol. The molecular formula is C12H13N5O2S2. The average molecular weight is 323 g/mol. The van der Waals surface area contributed by atoms with Gasteiger partial charge in [0, 0.05) is 5.25 Å². The summed E-state index contributed by atoms with van der Waals surface area (Å²) < 4.78 is 26.7. The highest BCUT2D eigenvalue weighted by molar-refractivity contribution is 7.99. The molecule has 1 heterocycles. The average Bonchev–Trinajstić information content (AvgIpc) is 2.84. The van der Waals surface area contributed by atoms with E-state index in [1.165, 1.54) is 36.0 Å². The predicted octanol–water partition coefficient (Wildman–Crippen LogP) is 1.98. The molecular weight excluding hydrogens is 310 g/mol. The van der Waals surface area contributed by atoms with Gasteiger partial charge in [0.05, 0.1) is 16.5 Å². The summed E-state index contributed by atoms with van der Waals surface area (Å²) in [6.07, 6.45) is 0. The zero-order valence-corrected chi connectivity index (χ0v) is 13.0. The van der Waals surface area contributed by atoms with E-state index in [9.17, 15) is 8.42 Å². The van der Waals surface area contributed by atoms with Crippen LogP contribution in [0.15, 0.2) is 34.3 Å². The number of aromatic nitrogens is 3. The molecule has 0 saturated carbocycles. The Hall–Kier alpha value is -2.05. The van der Waals surface area contributed by atoms with Crippen molar-refractivity contribution in [3.63, 3.8) is 0 Å². The predicted molar refractivity (Wildman–Crippen MR) is 79.3 cm³/mol. The highest BCUT2D eigenvalue weighted by Gasteiger charge is 2.17. The molecule has 0 unspecified atom stereocenters. The smallest absolute Gasteiger partial charge is 0.248 e. The van der Waals surface area contributed by atoms with Crippen LogP contribution in [0.2, 0.25) is 0 Å². The first kappa shape index (κ1) is 15.3. The Morgan fingerprint density at radius 2 is 2.19 bits per heavy atom. The lowest BCUT2D eigenvalue weighted by Crippen LogP contribution is -2.14. The number of nitrogens with zero attached hydrogens (tertiary/aromatic N) is 3. The Labute approximate surface area is 126 Å². The second-order valence-corrected chi connectivity index (χ2v) is 7.60. The van der Waals surface area contributed by atoms with E-state index in [0.717, 1.165) is 0 Å². The number of hydrogen-bond acceptors (Lipinski definition) is 6. The highest BCUT2D eigenvalue weighted by atomic mass is 32.2. The van der Waals surface area contributed by atoms with Crippen molar-refractivity contribution in [2.24, 2.45) is 0 Å². The second-order valence-electron chi connectivity index (χ2n) is 4.38. The van der Waals surface area contributed by atoms with Crippen LogP contribution in [0.3, 0.4) is 0 Å². The molecule has 0 bridgehead atoms. The van der Waals surface area contributed by atoms with Gasteiger partial charge in [0.1, 0.15) is 0 Å². The molecule has 2 aromatic rings. The van der Waals surface area contributed by atoms with Crippen molar-refractivity contribution >= 4 is 27.7 Å². The third-order valence-corrected chi connectivity index (χ3v) is 4.51. The van der Waals surface area contributed by atoms with Crippen molar-refractivity contribution in [3.05, 3.63) is 29.8 Å². The summed E-state index contributed by atoms with van der Waals surface area (Å²) in [5, 5.41) is 16.0. The maximum atomic E-state index is 12.2. The summed E-state index contributed by atoms with van der Waals surface area (Å²) in [6, 6.07) is 7.64. The zero-order chi connectivity index (χ0) is 15.5. The molecule has 1 aromatic carbocycles. The molecule has 0 atom stereocenters. The zero-order valence-electron chi connectivity index (χ0n) is 11.4. The second kappa shape index (κ2) is 6.15. The summed E-state index contributed by atoms with van der Waals surface area (Å²) in [7, 11) is -3.81. The topological polar surface area (TPSA) is 112 Å². The summed E-state index contributed by atoms with van der Waals surface area (Å²) in [5.74, 6) is 0.0421. The lowest BCUT2D eigenvalue weighted by Gasteiger charge is -2.04. The van der Waals surface area contributed by atoms with Crippen LogP contribution < -0.4 is 4.72 Å². The van der Waals surface area contributed by atoms with Crippen molar-refractivity contribution in [2.45, 2.75) is 29.1 Å². The SMILES string of the molecule is CC(C)Sc1n[nH]c(NS(=O)(=O)c2cccc(C#N)c2)n1. The summed E-state index contributed by atoms with van der Waals surface area (Å²) in [6.45, 7) is 3.97. The van der Waals surface area contributed by atoms with Crippen molar-refractivity contribution in [1.82, 2.24) is 15.2 Å². The molecule has 0 fully saturated rings. The molecule has 9 heteroatoms. The van der Waals surface area contributed by atoms with E-state index in [-0.39, 0.29) is 21.7 Å². The molecule has 2 rings (SSSR count). The molecule has 0 amide bonds. The molecule has 0 radical (unpaired) electrons. The Balaban J connectivity index is 2.21. The Morgan fingerprint density at radius 1 is 1.43 bits per heavy atom. The summed E-state index contributed by atoms with van der Waals surface area (Å²) in [4.78, 5) is 4.04. The van der Waals surface area contributed by atoms with Gasteiger partial charge in [-0.15, -0.1) is 5.10 Å². The number of nitrogens with one attached hydrogen (secondary N) is 2. The van der Waals surface area contributed by atoms with Gasteiger partial charge in [-0.3, -0.25) is 0 Å². The van der Waals surface area contributed by atoms with Crippen LogP contribution in [0.25, 0.3) is 0 Å². The number of nitriles is 1. The van der Waals surface area contributed by atoms with Gasteiger partial charge in [-0.05, 0) is 18.2 Å². The molecule has 0 aliphatic heterocycles. The molecule has 0 aliphatic carbocycles. The van der Waals surface area contributed by atoms with Crippen molar-refractivity contribution in [2.75, 3.05) is 4.72 Å². The number of anilines is 1. The van der Waals surface area contributed by atoms with Gasteiger partial charge in [0.2, 0.25) is 11.1 Å². The van der Waals surface area contributed by atoms with E-state index in [1.54, 1.807) is 0 Å². The lowest BCUT2D eigenvalue weighted by molar-refractivity contribution is 0.601. The number of thioether (sulfide) groups is 1. The van der Waals surface area contributed by atoms with Crippen LogP contribution in [-0.4, -0.2) is 28.8 Å². The van der Waals surface area contributed by atoms with Crippen LogP contribution in [-0.2, 0) is 10.0 Å². The minimum absolute atomic E-state index is 0.00369. The lowest BCUT2D eigenvalue weighted by atomic mass is 10.2. The van der Waals surface area contributed by atoms with Gasteiger partial charge in [0.25, 0.3) is 10.0 Å². The van der Waals surface area contributed by atoms with Crippen molar-refractivity contribution in [3.8, 4) is 6.07 Å². The quantitative estimate of drug-likeness (QED) is 0.814. The Kier molecular flexibility index (Phi) is 4.50. The normalized spacial score (nSPS) is 11.3. The van der Waals surface area contributed by atoms with Crippen LogP contribution in [0.4, 0.5) is 5.95 Å². The largest absolute Gasteiger partial charge is 0.264 e. The Bertz CT molecular complexity index is 777. The van der Waals surface area contributed by atoms with Gasteiger partial charge < -0.3 is 0 Å². The van der Waals surface area contributed by atoms with Crippen molar-refractivity contribution < 1.29 is 8.42 Å². The standard InChI is InChI=1S/C12H13N5O2S2/c1-8(2)20-12-14-11(15-16-12)17-21(18,19)10-5-3-4-9(6-10)7-13/h3-6,8H,1-2H3,(H2,14,15,16,17). The summed E-state index contributed by atoms with van der Waals surface area (Å²) in [5.41, 5.74) is 0.270. The number of sulfonamides is 1. The number of rotatable bonds is 5. The van der Waals surface area contributed by atoms with Crippen LogP contribution >= 0.6 is 11.8 Å². The van der Waals surface area contributed by atoms with Gasteiger partial charge in [-0.25, -0.2) is 18.2 Å². The first-order chi connectivity index (χ1) is 9.90. The van der Waals surface area contributed by atoms with Gasteiger partial charge >= 0.3 is 0 Å². The minimum atomic E-state index is -3.81. The first-order valence-corrected chi connectivity index (χ1v) is 8.39. The van der Waals surface area contributed by atoms with E-state index in [1.807, 2.05) is 19.9 Å². The fourth-order valence-corrected chi connectivity index (χ4v) is 3.14. The third-order valence-electron chi connectivity index (χ3n) is 2.31. The van der Waals surface area contributed by atoms with E-state index < -0.39 is 10.0 Å². The fraction of sp³-hybridized carbons (Fsp3) is 0.250. The van der Waals surface area contributed by atoms with Crippen LogP contribution in [0.5, 0.6) is 0 Å². The minimum Gasteiger partial charge on any atom is -0.248 e.